The Hall–Kier alpha value is -3.03. The molecule has 1 aliphatic carbocycles. The van der Waals surface area contributed by atoms with Gasteiger partial charge in [-0.1, -0.05) is 37.1 Å². The first-order valence-electron chi connectivity index (χ1n) is 11.4. The first-order chi connectivity index (χ1) is 16.0. The minimum atomic E-state index is -0.480. The van der Waals surface area contributed by atoms with Gasteiger partial charge in [-0.05, 0) is 60.4 Å². The van der Waals surface area contributed by atoms with Crippen LogP contribution in [0.15, 0.2) is 48.0 Å². The number of carbonyl (C=O) groups excluding carboxylic acids is 1. The maximum absolute atomic E-state index is 13.1. The number of aliphatic hydroxyl groups is 1. The second-order valence-corrected chi connectivity index (χ2v) is 9.82. The highest BCUT2D eigenvalue weighted by molar-refractivity contribution is 7.17. The first-order valence-corrected chi connectivity index (χ1v) is 12.3. The fourth-order valence-electron chi connectivity index (χ4n) is 4.54. The van der Waals surface area contributed by atoms with Crippen LogP contribution in [0.4, 0.5) is 0 Å². The van der Waals surface area contributed by atoms with E-state index in [1.54, 1.807) is 16.0 Å². The van der Waals surface area contributed by atoms with Gasteiger partial charge in [0.05, 0.1) is 28.1 Å². The molecule has 0 unspecified atom stereocenters. The Morgan fingerprint density at radius 2 is 2.00 bits per heavy atom. The summed E-state index contributed by atoms with van der Waals surface area (Å²) in [7, 11) is 1.91. The molecule has 1 fully saturated rings. The molecule has 1 aromatic carbocycles. The minimum absolute atomic E-state index is 0.199. The summed E-state index contributed by atoms with van der Waals surface area (Å²) >= 11 is 1.67. The van der Waals surface area contributed by atoms with E-state index in [9.17, 15) is 9.90 Å². The average molecular weight is 461 g/mol. The number of aryl methyl sites for hydroxylation is 2. The second-order valence-electron chi connectivity index (χ2n) is 8.94. The number of amides is 1. The lowest BCUT2D eigenvalue weighted by Crippen LogP contribution is -2.45. The highest BCUT2D eigenvalue weighted by Crippen LogP contribution is 2.30. The van der Waals surface area contributed by atoms with Crippen molar-refractivity contribution < 1.29 is 9.90 Å². The lowest BCUT2D eigenvalue weighted by atomic mass is 9.92. The van der Waals surface area contributed by atoms with E-state index in [2.05, 4.69) is 45.0 Å². The summed E-state index contributed by atoms with van der Waals surface area (Å²) in [4.78, 5) is 17.7. The van der Waals surface area contributed by atoms with Gasteiger partial charge in [0.1, 0.15) is 5.69 Å². The van der Waals surface area contributed by atoms with E-state index in [1.807, 2.05) is 32.3 Å². The number of carbonyl (C=O) groups is 1. The van der Waals surface area contributed by atoms with Crippen molar-refractivity contribution in [1.82, 2.24) is 20.1 Å². The van der Waals surface area contributed by atoms with E-state index < -0.39 is 6.10 Å². The Kier molecular flexibility index (Phi) is 6.00. The normalized spacial score (nSPS) is 18.5. The van der Waals surface area contributed by atoms with Gasteiger partial charge in [-0.25, -0.2) is 4.98 Å². The number of fused-ring (bicyclic) bond motifs is 1. The monoisotopic (exact) mass is 460 g/mol. The molecular formula is C26H28N4O2S. The Morgan fingerprint density at radius 1 is 1.21 bits per heavy atom. The molecule has 4 aromatic rings. The van der Waals surface area contributed by atoms with Crippen LogP contribution < -0.4 is 5.32 Å². The molecule has 0 radical (unpaired) electrons. The van der Waals surface area contributed by atoms with Crippen molar-refractivity contribution in [3.63, 3.8) is 0 Å². The van der Waals surface area contributed by atoms with Crippen LogP contribution in [0.2, 0.25) is 0 Å². The molecule has 3 aromatic heterocycles. The summed E-state index contributed by atoms with van der Waals surface area (Å²) in [6.07, 6.45) is 5.75. The van der Waals surface area contributed by atoms with Crippen LogP contribution in [0.3, 0.4) is 0 Å². The van der Waals surface area contributed by atoms with E-state index in [1.165, 1.54) is 5.56 Å². The number of aromatic nitrogens is 3. The van der Waals surface area contributed by atoms with Crippen LogP contribution in [0, 0.1) is 6.92 Å². The van der Waals surface area contributed by atoms with Crippen LogP contribution in [0.1, 0.15) is 52.9 Å². The zero-order valence-electron chi connectivity index (χ0n) is 18.9. The quantitative estimate of drug-likeness (QED) is 0.455. The van der Waals surface area contributed by atoms with Gasteiger partial charge in [-0.3, -0.25) is 9.48 Å². The second kappa shape index (κ2) is 9.08. The number of aliphatic hydroxyl groups excluding tert-OH is 1. The van der Waals surface area contributed by atoms with Crippen molar-refractivity contribution in [3.05, 3.63) is 70.4 Å². The van der Waals surface area contributed by atoms with Crippen LogP contribution in [-0.4, -0.2) is 37.9 Å². The van der Waals surface area contributed by atoms with Gasteiger partial charge in [0.2, 0.25) is 0 Å². The fourth-order valence-corrected chi connectivity index (χ4v) is 5.55. The number of nitrogens with one attached hydrogen (secondary N) is 1. The molecule has 0 saturated heterocycles. The zero-order valence-corrected chi connectivity index (χ0v) is 19.7. The van der Waals surface area contributed by atoms with Crippen LogP contribution in [0.25, 0.3) is 21.5 Å². The van der Waals surface area contributed by atoms with Gasteiger partial charge in [-0.15, -0.1) is 11.3 Å². The third-order valence-electron chi connectivity index (χ3n) is 6.41. The van der Waals surface area contributed by atoms with E-state index in [0.717, 1.165) is 58.3 Å². The predicted molar refractivity (Wildman–Crippen MR) is 132 cm³/mol. The van der Waals surface area contributed by atoms with Crippen LogP contribution >= 0.6 is 11.3 Å². The van der Waals surface area contributed by atoms with Crippen LogP contribution in [0.5, 0.6) is 0 Å². The van der Waals surface area contributed by atoms with Gasteiger partial charge in [-0.2, -0.15) is 5.10 Å². The van der Waals surface area contributed by atoms with Crippen molar-refractivity contribution in [2.75, 3.05) is 0 Å². The highest BCUT2D eigenvalue weighted by atomic mass is 32.1. The summed E-state index contributed by atoms with van der Waals surface area (Å²) in [6, 6.07) is 12.1. The summed E-state index contributed by atoms with van der Waals surface area (Å²) in [5, 5.41) is 19.9. The first kappa shape index (κ1) is 21.8. The summed E-state index contributed by atoms with van der Waals surface area (Å²) in [5.41, 5.74) is 6.68. The van der Waals surface area contributed by atoms with E-state index in [4.69, 9.17) is 0 Å². The zero-order chi connectivity index (χ0) is 22.9. The lowest BCUT2D eigenvalue weighted by molar-refractivity contribution is 0.0714. The molecule has 6 nitrogen and oxygen atoms in total. The Balaban J connectivity index is 1.42. The summed E-state index contributed by atoms with van der Waals surface area (Å²) < 4.78 is 2.92. The largest absolute Gasteiger partial charge is 0.391 e. The molecule has 170 valence electrons. The smallest absolute Gasteiger partial charge is 0.270 e. The van der Waals surface area contributed by atoms with E-state index >= 15 is 0 Å². The number of rotatable bonds is 5. The third-order valence-corrected chi connectivity index (χ3v) is 7.58. The fraction of sp³-hybridized carbons (Fsp3) is 0.346. The molecular weight excluding hydrogens is 432 g/mol. The molecule has 1 aliphatic rings. The Morgan fingerprint density at radius 3 is 2.73 bits per heavy atom. The maximum atomic E-state index is 13.1. The lowest BCUT2D eigenvalue weighted by Gasteiger charge is -2.28. The SMILES string of the molecule is Cc1csc2c(Cc3ccc(-c4ccn(C)n4)cc3)cc(C(=O)N[C@H]3CCCC[C@@H]3O)nc12. The van der Waals surface area contributed by atoms with Crippen molar-refractivity contribution in [3.8, 4) is 11.3 Å². The van der Waals surface area contributed by atoms with E-state index in [-0.39, 0.29) is 11.9 Å². The Labute approximate surface area is 197 Å². The highest BCUT2D eigenvalue weighted by Gasteiger charge is 2.26. The maximum Gasteiger partial charge on any atom is 0.270 e. The topological polar surface area (TPSA) is 80.0 Å². The molecule has 0 spiro atoms. The number of thiophene rings is 1. The van der Waals surface area contributed by atoms with Gasteiger partial charge in [0.25, 0.3) is 5.91 Å². The third kappa shape index (κ3) is 4.56. The number of benzene rings is 1. The predicted octanol–water partition coefficient (Wildman–Crippen LogP) is 4.63. The minimum Gasteiger partial charge on any atom is -0.391 e. The standard InChI is InChI=1S/C26H28N4O2S/c1-16-15-33-25-19(13-17-7-9-18(10-8-17)20-11-12-30(2)29-20)14-22(27-24(16)25)26(32)28-21-5-3-4-6-23(21)31/h7-12,14-15,21,23,31H,3-6,13H2,1-2H3,(H,28,32)/t21-,23-/m0/s1. The summed E-state index contributed by atoms with van der Waals surface area (Å²) in [5.74, 6) is -0.208. The molecule has 2 N–H and O–H groups in total. The molecule has 0 aliphatic heterocycles. The average Bonchev–Trinajstić information content (AvgIpc) is 3.42. The molecule has 33 heavy (non-hydrogen) atoms. The Bertz CT molecular complexity index is 1290. The van der Waals surface area contributed by atoms with E-state index in [0.29, 0.717) is 12.1 Å². The van der Waals surface area contributed by atoms with Crippen molar-refractivity contribution in [2.24, 2.45) is 7.05 Å². The molecule has 1 saturated carbocycles. The number of pyridine rings is 1. The summed E-state index contributed by atoms with van der Waals surface area (Å²) in [6.45, 7) is 2.03. The molecule has 5 rings (SSSR count). The number of hydrogen-bond acceptors (Lipinski definition) is 5. The molecule has 7 heteroatoms. The van der Waals surface area contributed by atoms with Gasteiger partial charge >= 0.3 is 0 Å². The van der Waals surface area contributed by atoms with Crippen molar-refractivity contribution in [2.45, 2.75) is 51.2 Å². The number of nitrogens with zero attached hydrogens (tertiary/aromatic N) is 3. The van der Waals surface area contributed by atoms with Crippen molar-refractivity contribution in [1.29, 1.82) is 0 Å². The van der Waals surface area contributed by atoms with Gasteiger partial charge in [0.15, 0.2) is 0 Å². The molecule has 2 atom stereocenters. The molecule has 1 amide bonds. The number of hydrogen-bond donors (Lipinski definition) is 2. The van der Waals surface area contributed by atoms with Crippen molar-refractivity contribution >= 4 is 27.5 Å². The molecule has 3 heterocycles. The van der Waals surface area contributed by atoms with Gasteiger partial charge in [0, 0.05) is 18.8 Å². The van der Waals surface area contributed by atoms with Gasteiger partial charge < -0.3 is 10.4 Å². The molecule has 0 bridgehead atoms. The van der Waals surface area contributed by atoms with Crippen LogP contribution in [-0.2, 0) is 13.5 Å².